The van der Waals surface area contributed by atoms with Gasteiger partial charge in [0, 0.05) is 41.5 Å². The Morgan fingerprint density at radius 3 is 2.75 bits per heavy atom. The Labute approximate surface area is 212 Å². The molecular weight excluding hydrogens is 485 g/mol. The SMILES string of the molecule is Cn1c(CN2CCC(c3cccc(OCc4ccc(Cl)cc4F)n3)CC2)nc2ncc(C(=O)O)cc21. The van der Waals surface area contributed by atoms with Crippen molar-refractivity contribution in [1.29, 1.82) is 0 Å². The van der Waals surface area contributed by atoms with E-state index in [2.05, 4.69) is 19.9 Å². The summed E-state index contributed by atoms with van der Waals surface area (Å²) in [5.74, 6) is 0.218. The molecule has 0 spiro atoms. The van der Waals surface area contributed by atoms with Gasteiger partial charge in [-0.2, -0.15) is 0 Å². The van der Waals surface area contributed by atoms with Crippen molar-refractivity contribution in [1.82, 2.24) is 24.4 Å². The molecule has 1 aromatic carbocycles. The summed E-state index contributed by atoms with van der Waals surface area (Å²) >= 11 is 5.82. The van der Waals surface area contributed by atoms with Crippen molar-refractivity contribution in [3.05, 3.63) is 82.1 Å². The number of ether oxygens (including phenoxy) is 1. The van der Waals surface area contributed by atoms with E-state index < -0.39 is 11.8 Å². The summed E-state index contributed by atoms with van der Waals surface area (Å²) in [6, 6.07) is 11.8. The number of carbonyl (C=O) groups is 1. The van der Waals surface area contributed by atoms with Gasteiger partial charge in [-0.25, -0.2) is 24.1 Å². The first kappa shape index (κ1) is 24.1. The number of halogens is 2. The summed E-state index contributed by atoms with van der Waals surface area (Å²) < 4.78 is 21.7. The number of likely N-dealkylation sites (tertiary alicyclic amines) is 1. The Kier molecular flexibility index (Phi) is 6.84. The largest absolute Gasteiger partial charge is 0.478 e. The van der Waals surface area contributed by atoms with Crippen molar-refractivity contribution in [2.24, 2.45) is 7.05 Å². The van der Waals surface area contributed by atoms with Crippen LogP contribution in [0, 0.1) is 5.82 Å². The van der Waals surface area contributed by atoms with Gasteiger partial charge >= 0.3 is 5.97 Å². The van der Waals surface area contributed by atoms with Crippen molar-refractivity contribution in [2.75, 3.05) is 13.1 Å². The van der Waals surface area contributed by atoms with Crippen LogP contribution in [0.2, 0.25) is 5.02 Å². The second-order valence-corrected chi connectivity index (χ2v) is 9.37. The molecule has 1 N–H and O–H groups in total. The van der Waals surface area contributed by atoms with Crippen LogP contribution in [0.15, 0.2) is 48.7 Å². The van der Waals surface area contributed by atoms with Gasteiger partial charge in [-0.3, -0.25) is 4.90 Å². The van der Waals surface area contributed by atoms with E-state index in [9.17, 15) is 14.3 Å². The van der Waals surface area contributed by atoms with Crippen LogP contribution in [0.25, 0.3) is 11.2 Å². The summed E-state index contributed by atoms with van der Waals surface area (Å²) in [5, 5.41) is 9.58. The number of imidazole rings is 1. The van der Waals surface area contributed by atoms with E-state index in [1.807, 2.05) is 23.7 Å². The van der Waals surface area contributed by atoms with Gasteiger partial charge in [0.1, 0.15) is 18.2 Å². The lowest BCUT2D eigenvalue weighted by Crippen LogP contribution is -2.33. The van der Waals surface area contributed by atoms with Gasteiger partial charge in [0.25, 0.3) is 0 Å². The number of rotatable bonds is 7. The zero-order valence-electron chi connectivity index (χ0n) is 19.7. The van der Waals surface area contributed by atoms with E-state index in [1.54, 1.807) is 24.3 Å². The number of aromatic carboxylic acids is 1. The van der Waals surface area contributed by atoms with Crippen LogP contribution in [-0.4, -0.2) is 48.6 Å². The van der Waals surface area contributed by atoms with Gasteiger partial charge in [-0.1, -0.05) is 23.7 Å². The average Bonchev–Trinajstić information content (AvgIpc) is 3.18. The highest BCUT2D eigenvalue weighted by Crippen LogP contribution is 2.29. The van der Waals surface area contributed by atoms with Gasteiger partial charge in [0.15, 0.2) is 5.65 Å². The number of carboxylic acid groups (broad SMARTS) is 1. The van der Waals surface area contributed by atoms with Crippen molar-refractivity contribution in [3.63, 3.8) is 0 Å². The van der Waals surface area contributed by atoms with E-state index in [-0.39, 0.29) is 12.2 Å². The lowest BCUT2D eigenvalue weighted by atomic mass is 9.93. The normalized spacial score (nSPS) is 14.9. The molecule has 0 bridgehead atoms. The number of pyridine rings is 2. The van der Waals surface area contributed by atoms with Crippen LogP contribution in [0.1, 0.15) is 46.2 Å². The number of fused-ring (bicyclic) bond motifs is 1. The Balaban J connectivity index is 1.20. The van der Waals surface area contributed by atoms with Crippen molar-refractivity contribution >= 4 is 28.7 Å². The number of nitrogens with zero attached hydrogens (tertiary/aromatic N) is 5. The molecule has 0 radical (unpaired) electrons. The van der Waals surface area contributed by atoms with Crippen LogP contribution >= 0.6 is 11.6 Å². The molecule has 186 valence electrons. The van der Waals surface area contributed by atoms with E-state index in [0.717, 1.165) is 37.4 Å². The summed E-state index contributed by atoms with van der Waals surface area (Å²) in [4.78, 5) is 27.1. The third-order valence-corrected chi connectivity index (χ3v) is 6.82. The predicted molar refractivity (Wildman–Crippen MR) is 133 cm³/mol. The summed E-state index contributed by atoms with van der Waals surface area (Å²) in [7, 11) is 1.88. The molecule has 4 heterocycles. The second-order valence-electron chi connectivity index (χ2n) is 8.93. The molecule has 0 aliphatic carbocycles. The first-order valence-electron chi connectivity index (χ1n) is 11.7. The van der Waals surface area contributed by atoms with E-state index in [1.165, 1.54) is 12.3 Å². The minimum Gasteiger partial charge on any atom is -0.478 e. The molecule has 36 heavy (non-hydrogen) atoms. The molecule has 0 atom stereocenters. The van der Waals surface area contributed by atoms with Crippen LogP contribution in [0.4, 0.5) is 4.39 Å². The molecule has 10 heteroatoms. The van der Waals surface area contributed by atoms with Crippen LogP contribution in [0.5, 0.6) is 5.88 Å². The molecule has 1 fully saturated rings. The van der Waals surface area contributed by atoms with Gasteiger partial charge in [-0.05, 0) is 50.2 Å². The fourth-order valence-corrected chi connectivity index (χ4v) is 4.65. The number of aryl methyl sites for hydroxylation is 1. The maximum Gasteiger partial charge on any atom is 0.337 e. The number of benzene rings is 1. The predicted octanol–water partition coefficient (Wildman–Crippen LogP) is 4.81. The van der Waals surface area contributed by atoms with Crippen LogP contribution in [0.3, 0.4) is 0 Å². The Bertz CT molecular complexity index is 1420. The van der Waals surface area contributed by atoms with E-state index in [0.29, 0.717) is 40.1 Å². The zero-order valence-corrected chi connectivity index (χ0v) is 20.5. The monoisotopic (exact) mass is 509 g/mol. The van der Waals surface area contributed by atoms with Gasteiger partial charge < -0.3 is 14.4 Å². The topological polar surface area (TPSA) is 93.4 Å². The third-order valence-electron chi connectivity index (χ3n) is 6.58. The van der Waals surface area contributed by atoms with Gasteiger partial charge in [-0.15, -0.1) is 0 Å². The Morgan fingerprint density at radius 1 is 1.19 bits per heavy atom. The first-order valence-corrected chi connectivity index (χ1v) is 12.1. The number of hydrogen-bond donors (Lipinski definition) is 1. The third kappa shape index (κ3) is 5.17. The fraction of sp³-hybridized carbons (Fsp3) is 0.308. The average molecular weight is 510 g/mol. The molecule has 1 aliphatic heterocycles. The standard InChI is InChI=1S/C26H25ClFN5O3/c1-32-22-11-18(26(34)35)13-29-25(22)31-23(32)14-33-9-7-16(8-10-33)21-3-2-4-24(30-21)36-15-17-5-6-19(27)12-20(17)28/h2-6,11-13,16H,7-10,14-15H2,1H3,(H,34,35). The molecule has 5 rings (SSSR count). The molecule has 4 aromatic rings. The zero-order chi connectivity index (χ0) is 25.2. The minimum atomic E-state index is -1.01. The maximum absolute atomic E-state index is 14.0. The lowest BCUT2D eigenvalue weighted by molar-refractivity contribution is 0.0696. The van der Waals surface area contributed by atoms with Crippen LogP contribution in [-0.2, 0) is 20.2 Å². The van der Waals surface area contributed by atoms with Gasteiger partial charge in [0.2, 0.25) is 5.88 Å². The number of carboxylic acids is 1. The summed E-state index contributed by atoms with van der Waals surface area (Å²) in [5.41, 5.74) is 2.80. The molecule has 0 amide bonds. The molecule has 8 nitrogen and oxygen atoms in total. The molecule has 1 aliphatic rings. The molecule has 0 unspecified atom stereocenters. The quantitative estimate of drug-likeness (QED) is 0.382. The molecule has 3 aromatic heterocycles. The first-order chi connectivity index (χ1) is 17.4. The molecule has 1 saturated heterocycles. The smallest absolute Gasteiger partial charge is 0.337 e. The summed E-state index contributed by atoms with van der Waals surface area (Å²) in [6.45, 7) is 2.50. The highest BCUT2D eigenvalue weighted by molar-refractivity contribution is 6.30. The van der Waals surface area contributed by atoms with Crippen molar-refractivity contribution in [2.45, 2.75) is 31.9 Å². The number of hydrogen-bond acceptors (Lipinski definition) is 6. The van der Waals surface area contributed by atoms with E-state index >= 15 is 0 Å². The number of aromatic nitrogens is 4. The molecule has 0 saturated carbocycles. The summed E-state index contributed by atoms with van der Waals surface area (Å²) in [6.07, 6.45) is 3.21. The highest BCUT2D eigenvalue weighted by Gasteiger charge is 2.23. The number of piperidine rings is 1. The van der Waals surface area contributed by atoms with Crippen molar-refractivity contribution in [3.8, 4) is 5.88 Å². The highest BCUT2D eigenvalue weighted by atomic mass is 35.5. The second kappa shape index (κ2) is 10.2. The Hall–Kier alpha value is -3.56. The van der Waals surface area contributed by atoms with Crippen LogP contribution < -0.4 is 4.74 Å². The fourth-order valence-electron chi connectivity index (χ4n) is 4.49. The molecular formula is C26H25ClFN5O3. The maximum atomic E-state index is 14.0. The van der Waals surface area contributed by atoms with Crippen molar-refractivity contribution < 1.29 is 19.0 Å². The lowest BCUT2D eigenvalue weighted by Gasteiger charge is -2.31. The van der Waals surface area contributed by atoms with E-state index in [4.69, 9.17) is 16.3 Å². The minimum absolute atomic E-state index is 0.0821. The Morgan fingerprint density at radius 2 is 2.00 bits per heavy atom. The van der Waals surface area contributed by atoms with Gasteiger partial charge in [0.05, 0.1) is 17.6 Å².